The molecule has 11 heteroatoms. The fourth-order valence-electron chi connectivity index (χ4n) is 4.00. The number of piperazine rings is 1. The van der Waals surface area contributed by atoms with Crippen LogP contribution in [0.1, 0.15) is 20.9 Å². The number of oxazole rings is 1. The highest BCUT2D eigenvalue weighted by Crippen LogP contribution is 2.33. The van der Waals surface area contributed by atoms with Gasteiger partial charge in [-0.3, -0.25) is 4.79 Å². The number of anilines is 1. The van der Waals surface area contributed by atoms with Gasteiger partial charge in [-0.2, -0.15) is 10.2 Å². The van der Waals surface area contributed by atoms with E-state index in [0.717, 1.165) is 11.3 Å². The molecule has 0 bridgehead atoms. The van der Waals surface area contributed by atoms with Crippen molar-refractivity contribution in [1.29, 1.82) is 5.26 Å². The lowest BCUT2D eigenvalue weighted by atomic mass is 10.1. The number of nitriles is 1. The summed E-state index contributed by atoms with van der Waals surface area (Å²) in [6.07, 6.45) is 1.49. The summed E-state index contributed by atoms with van der Waals surface area (Å²) in [5.74, 6) is -0.432. The van der Waals surface area contributed by atoms with E-state index in [2.05, 4.69) is 4.98 Å². The van der Waals surface area contributed by atoms with Crippen LogP contribution in [0.3, 0.4) is 0 Å². The summed E-state index contributed by atoms with van der Waals surface area (Å²) in [4.78, 5) is 33.1. The summed E-state index contributed by atoms with van der Waals surface area (Å²) in [5.41, 5.74) is 0.642. The molecule has 1 amide bonds. The summed E-state index contributed by atoms with van der Waals surface area (Å²) < 4.78 is 31.0. The Labute approximate surface area is 202 Å². The molecule has 3 aromatic heterocycles. The Morgan fingerprint density at radius 3 is 2.71 bits per heavy atom. The Balaban J connectivity index is 1.19. The number of halogens is 1. The molecule has 4 aromatic rings. The zero-order valence-electron chi connectivity index (χ0n) is 18.6. The van der Waals surface area contributed by atoms with Gasteiger partial charge < -0.3 is 23.4 Å². The van der Waals surface area contributed by atoms with Crippen LogP contribution in [0.15, 0.2) is 45.4 Å². The van der Waals surface area contributed by atoms with Crippen LogP contribution in [-0.2, 0) is 9.53 Å². The first kappa shape index (κ1) is 22.6. The molecule has 1 saturated heterocycles. The topological polar surface area (TPSA) is 113 Å². The zero-order valence-corrected chi connectivity index (χ0v) is 19.4. The van der Waals surface area contributed by atoms with E-state index >= 15 is 0 Å². The Kier molecular flexibility index (Phi) is 5.96. The first-order valence-electron chi connectivity index (χ1n) is 10.8. The molecule has 1 fully saturated rings. The molecule has 35 heavy (non-hydrogen) atoms. The summed E-state index contributed by atoms with van der Waals surface area (Å²) in [5, 5.41) is 9.83. The number of aromatic nitrogens is 1. The van der Waals surface area contributed by atoms with Gasteiger partial charge in [-0.25, -0.2) is 9.18 Å². The number of hydrogen-bond donors (Lipinski definition) is 0. The van der Waals surface area contributed by atoms with Crippen molar-refractivity contribution in [2.75, 3.05) is 37.7 Å². The lowest BCUT2D eigenvalue weighted by molar-refractivity contribution is -0.134. The van der Waals surface area contributed by atoms with Crippen molar-refractivity contribution >= 4 is 39.2 Å². The molecular formula is C24H19FN4O5S. The number of esters is 1. The molecule has 0 saturated carbocycles. The van der Waals surface area contributed by atoms with Crippen LogP contribution in [0.2, 0.25) is 0 Å². The van der Waals surface area contributed by atoms with Gasteiger partial charge in [0.25, 0.3) is 11.8 Å². The summed E-state index contributed by atoms with van der Waals surface area (Å²) in [6, 6.07) is 10.1. The van der Waals surface area contributed by atoms with Crippen LogP contribution in [-0.4, -0.2) is 54.5 Å². The van der Waals surface area contributed by atoms with Crippen LogP contribution in [0.25, 0.3) is 21.7 Å². The fourth-order valence-corrected chi connectivity index (χ4v) is 5.11. The van der Waals surface area contributed by atoms with Gasteiger partial charge in [0.1, 0.15) is 16.8 Å². The number of benzene rings is 1. The minimum absolute atomic E-state index is 0.139. The van der Waals surface area contributed by atoms with E-state index in [1.54, 1.807) is 36.1 Å². The first-order chi connectivity index (χ1) is 17.0. The molecule has 9 nitrogen and oxygen atoms in total. The average molecular weight is 495 g/mol. The normalized spacial score (nSPS) is 13.7. The van der Waals surface area contributed by atoms with Crippen molar-refractivity contribution in [2.45, 2.75) is 6.92 Å². The average Bonchev–Trinajstić information content (AvgIpc) is 3.61. The summed E-state index contributed by atoms with van der Waals surface area (Å²) in [6.45, 7) is 2.78. The molecule has 0 aliphatic carbocycles. The van der Waals surface area contributed by atoms with Gasteiger partial charge in [-0.05, 0) is 36.8 Å². The third-order valence-electron chi connectivity index (χ3n) is 5.78. The molecule has 1 aromatic carbocycles. The summed E-state index contributed by atoms with van der Waals surface area (Å²) >= 11 is 1.14. The molecular weight excluding hydrogens is 475 g/mol. The Morgan fingerprint density at radius 2 is 2.03 bits per heavy atom. The lowest BCUT2D eigenvalue weighted by Gasteiger charge is -2.34. The highest BCUT2D eigenvalue weighted by molar-refractivity contribution is 7.21. The Hall–Kier alpha value is -4.17. The van der Waals surface area contributed by atoms with Gasteiger partial charge in [-0.1, -0.05) is 6.07 Å². The number of rotatable bonds is 5. The SMILES string of the molecule is Cc1c(C(=O)OCC(=O)N2CCN(c3oc(-c4ccco4)nc3C#N)CC2)sc2cccc(F)c12. The third-order valence-corrected chi connectivity index (χ3v) is 7.02. The monoisotopic (exact) mass is 494 g/mol. The van der Waals surface area contributed by atoms with Crippen molar-refractivity contribution in [3.05, 3.63) is 58.5 Å². The smallest absolute Gasteiger partial charge is 0.349 e. The second kappa shape index (κ2) is 9.23. The molecule has 178 valence electrons. The van der Waals surface area contributed by atoms with E-state index in [0.29, 0.717) is 53.5 Å². The second-order valence-corrected chi connectivity index (χ2v) is 8.93. The second-order valence-electron chi connectivity index (χ2n) is 7.88. The largest absolute Gasteiger partial charge is 0.459 e. The Bertz CT molecular complexity index is 1440. The van der Waals surface area contributed by atoms with E-state index in [1.807, 2.05) is 11.0 Å². The minimum atomic E-state index is -0.652. The number of carbonyl (C=O) groups excluding carboxylic acids is 2. The van der Waals surface area contributed by atoms with Crippen LogP contribution in [0.5, 0.6) is 0 Å². The Morgan fingerprint density at radius 1 is 1.23 bits per heavy atom. The van der Waals surface area contributed by atoms with Crippen molar-refractivity contribution in [3.63, 3.8) is 0 Å². The highest BCUT2D eigenvalue weighted by Gasteiger charge is 2.28. The number of carbonyl (C=O) groups is 2. The maximum Gasteiger partial charge on any atom is 0.349 e. The van der Waals surface area contributed by atoms with Gasteiger partial charge in [0.05, 0.1) is 6.26 Å². The van der Waals surface area contributed by atoms with Crippen LogP contribution < -0.4 is 4.90 Å². The molecule has 0 N–H and O–H groups in total. The maximum absolute atomic E-state index is 14.1. The van der Waals surface area contributed by atoms with Crippen LogP contribution >= 0.6 is 11.3 Å². The summed E-state index contributed by atoms with van der Waals surface area (Å²) in [7, 11) is 0. The van der Waals surface area contributed by atoms with Crippen molar-refractivity contribution in [1.82, 2.24) is 9.88 Å². The molecule has 5 rings (SSSR count). The van der Waals surface area contributed by atoms with E-state index in [4.69, 9.17) is 13.6 Å². The minimum Gasteiger partial charge on any atom is -0.459 e. The van der Waals surface area contributed by atoms with Crippen LogP contribution in [0.4, 0.5) is 10.3 Å². The van der Waals surface area contributed by atoms with Gasteiger partial charge in [0.15, 0.2) is 12.4 Å². The van der Waals surface area contributed by atoms with E-state index in [-0.39, 0.29) is 22.4 Å². The predicted molar refractivity (Wildman–Crippen MR) is 125 cm³/mol. The highest BCUT2D eigenvalue weighted by atomic mass is 32.1. The number of aryl methyl sites for hydroxylation is 1. The van der Waals surface area contributed by atoms with E-state index in [1.165, 1.54) is 12.3 Å². The number of thiophene rings is 1. The van der Waals surface area contributed by atoms with Crippen molar-refractivity contribution < 1.29 is 27.6 Å². The molecule has 4 heterocycles. The van der Waals surface area contributed by atoms with Crippen molar-refractivity contribution in [2.24, 2.45) is 0 Å². The molecule has 0 radical (unpaired) electrons. The standard InChI is InChI=1S/C24H19FN4O5S/c1-14-20-15(25)4-2-6-18(20)35-21(14)24(31)33-13-19(30)28-7-9-29(10-8-28)23-16(12-26)27-22(34-23)17-5-3-11-32-17/h2-6,11H,7-10,13H2,1H3. The fraction of sp³-hybridized carbons (Fsp3) is 0.250. The quantitative estimate of drug-likeness (QED) is 0.383. The number of amides is 1. The van der Waals surface area contributed by atoms with Gasteiger partial charge in [-0.15, -0.1) is 11.3 Å². The number of hydrogen-bond acceptors (Lipinski definition) is 9. The van der Waals surface area contributed by atoms with Gasteiger partial charge >= 0.3 is 5.97 Å². The number of nitrogens with zero attached hydrogens (tertiary/aromatic N) is 4. The first-order valence-corrected chi connectivity index (χ1v) is 11.6. The number of fused-ring (bicyclic) bond motifs is 1. The van der Waals surface area contributed by atoms with Gasteiger partial charge in [0.2, 0.25) is 11.6 Å². The number of furan rings is 1. The molecule has 0 spiro atoms. The number of ether oxygens (including phenoxy) is 1. The van der Waals surface area contributed by atoms with E-state index in [9.17, 15) is 19.2 Å². The lowest BCUT2D eigenvalue weighted by Crippen LogP contribution is -2.50. The van der Waals surface area contributed by atoms with E-state index < -0.39 is 18.4 Å². The molecule has 1 aliphatic rings. The van der Waals surface area contributed by atoms with Crippen LogP contribution in [0, 0.1) is 24.1 Å². The van der Waals surface area contributed by atoms with Crippen molar-refractivity contribution in [3.8, 4) is 17.7 Å². The maximum atomic E-state index is 14.1. The third kappa shape index (κ3) is 4.24. The molecule has 0 atom stereocenters. The zero-order chi connectivity index (χ0) is 24.5. The molecule has 0 unspecified atom stereocenters. The molecule has 1 aliphatic heterocycles. The predicted octanol–water partition coefficient (Wildman–Crippen LogP) is 3.97. The van der Waals surface area contributed by atoms with Gasteiger partial charge in [0, 0.05) is 36.3 Å².